The monoisotopic (exact) mass is 475 g/mol. The predicted octanol–water partition coefficient (Wildman–Crippen LogP) is 2.00. The number of nitrogens with zero attached hydrogens (tertiary/aromatic N) is 3. The van der Waals surface area contributed by atoms with E-state index < -0.39 is 0 Å². The molecule has 1 atom stereocenters. The summed E-state index contributed by atoms with van der Waals surface area (Å²) in [6.45, 7) is 11.9. The molecule has 2 N–H and O–H groups in total. The van der Waals surface area contributed by atoms with Crippen molar-refractivity contribution in [1.82, 2.24) is 20.4 Å². The van der Waals surface area contributed by atoms with Crippen molar-refractivity contribution < 1.29 is 4.74 Å². The van der Waals surface area contributed by atoms with Crippen molar-refractivity contribution in [3.8, 4) is 5.75 Å². The van der Waals surface area contributed by atoms with Crippen molar-refractivity contribution in [1.29, 1.82) is 0 Å². The molecule has 1 fully saturated rings. The lowest BCUT2D eigenvalue weighted by Crippen LogP contribution is -2.53. The number of likely N-dealkylation sites (N-methyl/N-ethyl adjacent to an activating group) is 1. The lowest BCUT2D eigenvalue weighted by Gasteiger charge is -2.37. The second-order valence-corrected chi connectivity index (χ2v) is 6.48. The molecule has 0 spiro atoms. The Balaban J connectivity index is 0.00000338. The molecule has 1 aliphatic heterocycles. The summed E-state index contributed by atoms with van der Waals surface area (Å²) in [5, 5.41) is 6.81. The number of piperazine rings is 1. The summed E-state index contributed by atoms with van der Waals surface area (Å²) in [4.78, 5) is 9.38. The minimum absolute atomic E-state index is 0. The van der Waals surface area contributed by atoms with Gasteiger partial charge in [-0.1, -0.05) is 19.1 Å². The van der Waals surface area contributed by atoms with Crippen LogP contribution in [0.25, 0.3) is 0 Å². The largest absolute Gasteiger partial charge is 0.497 e. The lowest BCUT2D eigenvalue weighted by atomic mass is 10.2. The molecule has 0 radical (unpaired) electrons. The number of ether oxygens (including phenoxy) is 1. The Hall–Kier alpha value is -1.06. The first kappa shape index (κ1) is 23.0. The van der Waals surface area contributed by atoms with E-state index in [-0.39, 0.29) is 24.0 Å². The van der Waals surface area contributed by atoms with Crippen molar-refractivity contribution in [2.45, 2.75) is 26.4 Å². The Morgan fingerprint density at radius 1 is 1.23 bits per heavy atom. The minimum Gasteiger partial charge on any atom is -0.497 e. The van der Waals surface area contributed by atoms with Crippen molar-refractivity contribution >= 4 is 29.9 Å². The van der Waals surface area contributed by atoms with Gasteiger partial charge in [0.05, 0.1) is 7.11 Å². The summed E-state index contributed by atoms with van der Waals surface area (Å²) >= 11 is 0. The molecule has 1 heterocycles. The van der Waals surface area contributed by atoms with Gasteiger partial charge in [-0.05, 0) is 31.2 Å². The van der Waals surface area contributed by atoms with Gasteiger partial charge in [0.25, 0.3) is 0 Å². The van der Waals surface area contributed by atoms with E-state index in [2.05, 4.69) is 45.3 Å². The second kappa shape index (κ2) is 12.3. The van der Waals surface area contributed by atoms with Crippen LogP contribution >= 0.6 is 24.0 Å². The first-order valence-corrected chi connectivity index (χ1v) is 9.20. The van der Waals surface area contributed by atoms with Gasteiger partial charge >= 0.3 is 0 Å². The van der Waals surface area contributed by atoms with Gasteiger partial charge in [0.1, 0.15) is 5.75 Å². The summed E-state index contributed by atoms with van der Waals surface area (Å²) in [7, 11) is 3.50. The quantitative estimate of drug-likeness (QED) is 0.359. The first-order chi connectivity index (χ1) is 12.2. The molecule has 1 aromatic carbocycles. The predicted molar refractivity (Wildman–Crippen MR) is 120 cm³/mol. The molecule has 0 saturated carbocycles. The molecular weight excluding hydrogens is 441 g/mol. The normalized spacial score (nSPS) is 17.3. The zero-order valence-corrected chi connectivity index (χ0v) is 18.8. The van der Waals surface area contributed by atoms with Gasteiger partial charge in [-0.3, -0.25) is 9.89 Å². The van der Waals surface area contributed by atoms with Gasteiger partial charge in [0, 0.05) is 52.4 Å². The van der Waals surface area contributed by atoms with Gasteiger partial charge in [-0.25, -0.2) is 0 Å². The molecule has 26 heavy (non-hydrogen) atoms. The Morgan fingerprint density at radius 2 is 1.96 bits per heavy atom. The Labute approximate surface area is 175 Å². The average molecular weight is 475 g/mol. The first-order valence-electron chi connectivity index (χ1n) is 9.20. The molecule has 1 saturated heterocycles. The average Bonchev–Trinajstić information content (AvgIpc) is 2.68. The van der Waals surface area contributed by atoms with E-state index in [4.69, 9.17) is 4.74 Å². The third-order valence-electron chi connectivity index (χ3n) is 4.86. The van der Waals surface area contributed by atoms with Crippen LogP contribution in [0, 0.1) is 0 Å². The van der Waals surface area contributed by atoms with Gasteiger partial charge in [-0.2, -0.15) is 0 Å². The summed E-state index contributed by atoms with van der Waals surface area (Å²) < 4.78 is 5.27. The molecule has 0 aromatic heterocycles. The fourth-order valence-electron chi connectivity index (χ4n) is 3.08. The smallest absolute Gasteiger partial charge is 0.191 e. The van der Waals surface area contributed by atoms with Gasteiger partial charge in [0.2, 0.25) is 0 Å². The molecular formula is C19H34IN5O. The van der Waals surface area contributed by atoms with Crippen LogP contribution in [0.5, 0.6) is 5.75 Å². The highest BCUT2D eigenvalue weighted by Crippen LogP contribution is 2.12. The molecule has 2 rings (SSSR count). The number of methoxy groups -OCH3 is 1. The fourth-order valence-corrected chi connectivity index (χ4v) is 3.08. The second-order valence-electron chi connectivity index (χ2n) is 6.48. The van der Waals surface area contributed by atoms with Crippen molar-refractivity contribution in [2.24, 2.45) is 4.99 Å². The number of rotatable bonds is 7. The highest BCUT2D eigenvalue weighted by Gasteiger charge is 2.20. The van der Waals surface area contributed by atoms with Gasteiger partial charge in [-0.15, -0.1) is 24.0 Å². The fraction of sp³-hybridized carbons (Fsp3) is 0.632. The number of hydrogen-bond acceptors (Lipinski definition) is 4. The number of guanidine groups is 1. The van der Waals surface area contributed by atoms with Crippen LogP contribution < -0.4 is 15.4 Å². The molecule has 6 nitrogen and oxygen atoms in total. The zero-order valence-electron chi connectivity index (χ0n) is 16.5. The summed E-state index contributed by atoms with van der Waals surface area (Å²) in [5.41, 5.74) is 1.17. The Kier molecular flexibility index (Phi) is 10.9. The molecule has 0 bridgehead atoms. The van der Waals surface area contributed by atoms with Crippen LogP contribution in [0.2, 0.25) is 0 Å². The van der Waals surface area contributed by atoms with Crippen LogP contribution in [0.15, 0.2) is 29.3 Å². The zero-order chi connectivity index (χ0) is 18.1. The number of nitrogens with one attached hydrogen (secondary N) is 2. The lowest BCUT2D eigenvalue weighted by molar-refractivity contribution is 0.107. The third kappa shape index (κ3) is 7.28. The molecule has 0 amide bonds. The molecule has 1 aromatic rings. The third-order valence-corrected chi connectivity index (χ3v) is 4.86. The van der Waals surface area contributed by atoms with Crippen molar-refractivity contribution in [2.75, 3.05) is 53.4 Å². The van der Waals surface area contributed by atoms with E-state index >= 15 is 0 Å². The van der Waals surface area contributed by atoms with E-state index in [1.807, 2.05) is 25.2 Å². The maximum Gasteiger partial charge on any atom is 0.191 e. The van der Waals surface area contributed by atoms with E-state index in [0.29, 0.717) is 6.04 Å². The van der Waals surface area contributed by atoms with Crippen LogP contribution in [0.1, 0.15) is 19.4 Å². The highest BCUT2D eigenvalue weighted by atomic mass is 127. The molecule has 1 unspecified atom stereocenters. The van der Waals surface area contributed by atoms with Crippen molar-refractivity contribution in [3.05, 3.63) is 29.8 Å². The van der Waals surface area contributed by atoms with Gasteiger partial charge < -0.3 is 20.3 Å². The molecule has 0 aliphatic carbocycles. The Bertz CT molecular complexity index is 546. The number of aliphatic imine (C=N–C) groups is 1. The Morgan fingerprint density at radius 3 is 2.58 bits per heavy atom. The SMILES string of the molecule is CCN1CCN(C(C)CNC(=NC)NCc2cccc(OC)c2)CC1.I. The van der Waals surface area contributed by atoms with E-state index in [0.717, 1.165) is 44.4 Å². The number of halogens is 1. The standard InChI is InChI=1S/C19H33N5O.HI/c1-5-23-9-11-24(12-10-23)16(2)14-21-19(20-3)22-15-17-7-6-8-18(13-17)25-4;/h6-8,13,16H,5,9-12,14-15H2,1-4H3,(H2,20,21,22);1H. The minimum atomic E-state index is 0. The molecule has 148 valence electrons. The van der Waals surface area contributed by atoms with Crippen molar-refractivity contribution in [3.63, 3.8) is 0 Å². The maximum atomic E-state index is 5.27. The summed E-state index contributed by atoms with van der Waals surface area (Å²) in [6.07, 6.45) is 0. The molecule has 1 aliphatic rings. The topological polar surface area (TPSA) is 52.1 Å². The summed E-state index contributed by atoms with van der Waals surface area (Å²) in [5.74, 6) is 1.71. The van der Waals surface area contributed by atoms with E-state index in [1.165, 1.54) is 18.7 Å². The van der Waals surface area contributed by atoms with Crippen LogP contribution in [-0.4, -0.2) is 75.2 Å². The molecule has 7 heteroatoms. The van der Waals surface area contributed by atoms with Crippen LogP contribution in [-0.2, 0) is 6.54 Å². The van der Waals surface area contributed by atoms with Gasteiger partial charge in [0.15, 0.2) is 5.96 Å². The maximum absolute atomic E-state index is 5.27. The summed E-state index contributed by atoms with van der Waals surface area (Å²) in [6, 6.07) is 8.57. The van der Waals surface area contributed by atoms with E-state index in [1.54, 1.807) is 7.11 Å². The van der Waals surface area contributed by atoms with Crippen LogP contribution in [0.3, 0.4) is 0 Å². The van der Waals surface area contributed by atoms with E-state index in [9.17, 15) is 0 Å². The number of benzene rings is 1. The number of hydrogen-bond donors (Lipinski definition) is 2. The highest BCUT2D eigenvalue weighted by molar-refractivity contribution is 14.0. The van der Waals surface area contributed by atoms with Crippen LogP contribution in [0.4, 0.5) is 0 Å².